The van der Waals surface area contributed by atoms with Crippen molar-refractivity contribution in [3.05, 3.63) is 59.0 Å². The van der Waals surface area contributed by atoms with E-state index in [1.807, 2.05) is 19.1 Å². The molecule has 1 atom stereocenters. The maximum Gasteiger partial charge on any atom is 0.230 e. The van der Waals surface area contributed by atoms with Gasteiger partial charge in [0.05, 0.1) is 24.6 Å². The number of nitrogens with zero attached hydrogens (tertiary/aromatic N) is 4. The van der Waals surface area contributed by atoms with Crippen molar-refractivity contribution in [2.75, 3.05) is 23.7 Å². The van der Waals surface area contributed by atoms with E-state index < -0.39 is 0 Å². The summed E-state index contributed by atoms with van der Waals surface area (Å²) >= 11 is 1.41. The SMILES string of the molecule is Cc1ccc(C(C)NC(=O)CSc2nnc(N3CCC(C)CC3)n2Cc2ccco2)cc1C. The fourth-order valence-corrected chi connectivity index (χ4v) is 4.80. The van der Waals surface area contributed by atoms with Gasteiger partial charge < -0.3 is 14.6 Å². The summed E-state index contributed by atoms with van der Waals surface area (Å²) in [4.78, 5) is 15.0. The van der Waals surface area contributed by atoms with Gasteiger partial charge >= 0.3 is 0 Å². The second kappa shape index (κ2) is 10.5. The van der Waals surface area contributed by atoms with E-state index in [0.717, 1.165) is 54.3 Å². The fourth-order valence-electron chi connectivity index (χ4n) is 4.06. The number of carbonyl (C=O) groups excluding carboxylic acids is 1. The quantitative estimate of drug-likeness (QED) is 0.482. The molecular formula is C25H33N5O2S. The molecule has 1 unspecified atom stereocenters. The van der Waals surface area contributed by atoms with E-state index in [1.165, 1.54) is 22.9 Å². The number of aryl methyl sites for hydroxylation is 2. The number of rotatable bonds is 8. The lowest BCUT2D eigenvalue weighted by molar-refractivity contribution is -0.119. The molecule has 1 amide bonds. The van der Waals surface area contributed by atoms with Crippen LogP contribution in [0.4, 0.5) is 5.95 Å². The minimum atomic E-state index is -0.0516. The third-order valence-corrected chi connectivity index (χ3v) is 7.37. The van der Waals surface area contributed by atoms with Gasteiger partial charge in [0.2, 0.25) is 11.9 Å². The fraction of sp³-hybridized carbons (Fsp3) is 0.480. The Balaban J connectivity index is 1.43. The zero-order valence-electron chi connectivity index (χ0n) is 19.9. The Morgan fingerprint density at radius 1 is 1.21 bits per heavy atom. The highest BCUT2D eigenvalue weighted by atomic mass is 32.2. The third kappa shape index (κ3) is 5.79. The zero-order chi connectivity index (χ0) is 23.4. The first-order valence-electron chi connectivity index (χ1n) is 11.6. The lowest BCUT2D eigenvalue weighted by atomic mass is 10.00. The molecule has 0 radical (unpaired) electrons. The number of piperidine rings is 1. The number of carbonyl (C=O) groups is 1. The van der Waals surface area contributed by atoms with Gasteiger partial charge in [0, 0.05) is 13.1 Å². The minimum absolute atomic E-state index is 0.0216. The maximum absolute atomic E-state index is 12.7. The first kappa shape index (κ1) is 23.4. The van der Waals surface area contributed by atoms with Gasteiger partial charge in [-0.05, 0) is 68.4 Å². The van der Waals surface area contributed by atoms with Crippen molar-refractivity contribution in [2.24, 2.45) is 5.92 Å². The molecule has 1 aromatic carbocycles. The van der Waals surface area contributed by atoms with E-state index in [-0.39, 0.29) is 17.7 Å². The molecule has 176 valence electrons. The number of benzene rings is 1. The van der Waals surface area contributed by atoms with Crippen LogP contribution >= 0.6 is 11.8 Å². The molecule has 3 aromatic rings. The van der Waals surface area contributed by atoms with Crippen molar-refractivity contribution in [1.82, 2.24) is 20.1 Å². The largest absolute Gasteiger partial charge is 0.467 e. The smallest absolute Gasteiger partial charge is 0.230 e. The standard InChI is InChI=1S/C25H33N5O2S/c1-17-9-11-29(12-10-17)24-27-28-25(30(24)15-22-6-5-13-32-22)33-16-23(31)26-20(4)21-8-7-18(2)19(3)14-21/h5-8,13-14,17,20H,9-12,15-16H2,1-4H3,(H,26,31). The van der Waals surface area contributed by atoms with Crippen LogP contribution < -0.4 is 10.2 Å². The predicted molar refractivity (Wildman–Crippen MR) is 132 cm³/mol. The van der Waals surface area contributed by atoms with Crippen molar-refractivity contribution < 1.29 is 9.21 Å². The van der Waals surface area contributed by atoms with E-state index >= 15 is 0 Å². The Morgan fingerprint density at radius 2 is 2.00 bits per heavy atom. The van der Waals surface area contributed by atoms with Crippen LogP contribution in [0.5, 0.6) is 0 Å². The normalized spacial score (nSPS) is 15.6. The molecule has 1 fully saturated rings. The van der Waals surface area contributed by atoms with Gasteiger partial charge in [-0.1, -0.05) is 36.9 Å². The van der Waals surface area contributed by atoms with Crippen LogP contribution in [0, 0.1) is 19.8 Å². The highest BCUT2D eigenvalue weighted by Gasteiger charge is 2.24. The number of anilines is 1. The highest BCUT2D eigenvalue weighted by Crippen LogP contribution is 2.27. The number of thioether (sulfide) groups is 1. The Hall–Kier alpha value is -2.74. The number of hydrogen-bond acceptors (Lipinski definition) is 6. The number of aromatic nitrogens is 3. The van der Waals surface area contributed by atoms with Gasteiger partial charge in [0.25, 0.3) is 0 Å². The topological polar surface area (TPSA) is 76.2 Å². The Bertz CT molecular complexity index is 1070. The molecule has 1 aliphatic heterocycles. The Kier molecular flexibility index (Phi) is 7.42. The van der Waals surface area contributed by atoms with Gasteiger partial charge in [0.15, 0.2) is 5.16 Å². The van der Waals surface area contributed by atoms with Crippen LogP contribution in [0.2, 0.25) is 0 Å². The zero-order valence-corrected chi connectivity index (χ0v) is 20.7. The molecule has 3 heterocycles. The second-order valence-electron chi connectivity index (χ2n) is 9.04. The summed E-state index contributed by atoms with van der Waals surface area (Å²) in [7, 11) is 0. The van der Waals surface area contributed by atoms with Crippen LogP contribution in [0.3, 0.4) is 0 Å². The average Bonchev–Trinajstić information content (AvgIpc) is 3.45. The first-order valence-corrected chi connectivity index (χ1v) is 12.6. The number of amides is 1. The molecule has 0 saturated carbocycles. The molecule has 2 aromatic heterocycles. The molecule has 1 aliphatic rings. The molecule has 1 N–H and O–H groups in total. The van der Waals surface area contributed by atoms with E-state index in [9.17, 15) is 4.79 Å². The third-order valence-electron chi connectivity index (χ3n) is 6.40. The van der Waals surface area contributed by atoms with Crippen LogP contribution in [0.15, 0.2) is 46.2 Å². The van der Waals surface area contributed by atoms with E-state index in [2.05, 4.69) is 64.0 Å². The summed E-state index contributed by atoms with van der Waals surface area (Å²) in [6.45, 7) is 11.0. The van der Waals surface area contributed by atoms with Gasteiger partial charge in [-0.15, -0.1) is 10.2 Å². The van der Waals surface area contributed by atoms with Crippen LogP contribution in [0.1, 0.15) is 55.2 Å². The van der Waals surface area contributed by atoms with Crippen molar-refractivity contribution >= 4 is 23.6 Å². The van der Waals surface area contributed by atoms with Gasteiger partial charge in [-0.3, -0.25) is 9.36 Å². The number of nitrogens with one attached hydrogen (secondary N) is 1. The van der Waals surface area contributed by atoms with Crippen molar-refractivity contribution in [3.8, 4) is 0 Å². The monoisotopic (exact) mass is 467 g/mol. The van der Waals surface area contributed by atoms with Gasteiger partial charge in [-0.2, -0.15) is 0 Å². The van der Waals surface area contributed by atoms with Crippen LogP contribution in [0.25, 0.3) is 0 Å². The molecule has 1 saturated heterocycles. The van der Waals surface area contributed by atoms with Gasteiger partial charge in [0.1, 0.15) is 5.76 Å². The Labute approximate surface area is 199 Å². The molecule has 0 spiro atoms. The summed E-state index contributed by atoms with van der Waals surface area (Å²) in [6.07, 6.45) is 3.97. The van der Waals surface area contributed by atoms with Gasteiger partial charge in [-0.25, -0.2) is 0 Å². The number of furan rings is 1. The molecule has 33 heavy (non-hydrogen) atoms. The summed E-state index contributed by atoms with van der Waals surface area (Å²) in [6, 6.07) is 10.1. The van der Waals surface area contributed by atoms with E-state index in [1.54, 1.807) is 6.26 Å². The lowest BCUT2D eigenvalue weighted by Gasteiger charge is -2.31. The molecule has 0 bridgehead atoms. The predicted octanol–water partition coefficient (Wildman–Crippen LogP) is 4.74. The summed E-state index contributed by atoms with van der Waals surface area (Å²) in [5, 5.41) is 12.8. The Morgan fingerprint density at radius 3 is 2.70 bits per heavy atom. The average molecular weight is 468 g/mol. The maximum atomic E-state index is 12.7. The van der Waals surface area contributed by atoms with Crippen LogP contribution in [-0.2, 0) is 11.3 Å². The lowest BCUT2D eigenvalue weighted by Crippen LogP contribution is -2.35. The first-order chi connectivity index (χ1) is 15.9. The molecule has 0 aliphatic carbocycles. The molecular weight excluding hydrogens is 434 g/mol. The summed E-state index contributed by atoms with van der Waals surface area (Å²) in [5.74, 6) is 2.69. The van der Waals surface area contributed by atoms with Crippen LogP contribution in [-0.4, -0.2) is 39.5 Å². The summed E-state index contributed by atoms with van der Waals surface area (Å²) < 4.78 is 7.65. The highest BCUT2D eigenvalue weighted by molar-refractivity contribution is 7.99. The van der Waals surface area contributed by atoms with Crippen molar-refractivity contribution in [1.29, 1.82) is 0 Å². The van der Waals surface area contributed by atoms with Crippen molar-refractivity contribution in [2.45, 2.75) is 58.3 Å². The van der Waals surface area contributed by atoms with E-state index in [4.69, 9.17) is 4.42 Å². The minimum Gasteiger partial charge on any atom is -0.467 e. The molecule has 8 heteroatoms. The summed E-state index contributed by atoms with van der Waals surface area (Å²) in [5.41, 5.74) is 3.59. The molecule has 7 nitrogen and oxygen atoms in total. The molecule has 4 rings (SSSR count). The second-order valence-corrected chi connectivity index (χ2v) is 9.98. The number of hydrogen-bond donors (Lipinski definition) is 1. The van der Waals surface area contributed by atoms with Crippen molar-refractivity contribution in [3.63, 3.8) is 0 Å². The van der Waals surface area contributed by atoms with E-state index in [0.29, 0.717) is 6.54 Å².